The topological polar surface area (TPSA) is 179 Å². The zero-order valence-electron chi connectivity index (χ0n) is 20.6. The van der Waals surface area contributed by atoms with Gasteiger partial charge in [-0.15, -0.1) is 0 Å². The number of rotatable bonds is 9. The van der Waals surface area contributed by atoms with E-state index in [1.54, 1.807) is 19.1 Å². The van der Waals surface area contributed by atoms with Crippen LogP contribution in [0.5, 0.6) is 0 Å². The number of nitro groups is 1. The van der Waals surface area contributed by atoms with Gasteiger partial charge in [-0.05, 0) is 42.6 Å². The molecule has 1 amide bonds. The highest BCUT2D eigenvalue weighted by Crippen LogP contribution is 2.39. The van der Waals surface area contributed by atoms with Crippen LogP contribution in [0.3, 0.4) is 0 Å². The predicted molar refractivity (Wildman–Crippen MR) is 133 cm³/mol. The van der Waals surface area contributed by atoms with Crippen molar-refractivity contribution in [2.24, 2.45) is 0 Å². The molecule has 0 unspecified atom stereocenters. The zero-order chi connectivity index (χ0) is 26.8. The summed E-state index contributed by atoms with van der Waals surface area (Å²) in [6.07, 6.45) is 0.417. The normalized spacial score (nSPS) is 12.3. The number of carbonyl (C=O) groups is 1. The van der Waals surface area contributed by atoms with Gasteiger partial charge >= 0.3 is 11.8 Å². The molecule has 1 aromatic heterocycles. The van der Waals surface area contributed by atoms with Crippen LogP contribution in [0, 0.1) is 10.1 Å². The number of hydrogen-bond acceptors (Lipinski definition) is 10. The quantitative estimate of drug-likeness (QED) is 0.214. The molecule has 12 nitrogen and oxygen atoms in total. The van der Waals surface area contributed by atoms with Crippen LogP contribution in [0.2, 0.25) is 18.1 Å². The lowest BCUT2D eigenvalue weighted by Gasteiger charge is -2.35. The molecule has 14 heteroatoms. The number of aromatic nitrogens is 2. The highest BCUT2D eigenvalue weighted by molar-refractivity contribution is 7.90. The fourth-order valence-corrected chi connectivity index (χ4v) is 4.30. The van der Waals surface area contributed by atoms with Gasteiger partial charge in [-0.2, -0.15) is 9.97 Å². The van der Waals surface area contributed by atoms with Crippen molar-refractivity contribution in [2.45, 2.75) is 57.0 Å². The van der Waals surface area contributed by atoms with Gasteiger partial charge in [-0.25, -0.2) is 13.2 Å². The maximum atomic E-state index is 12.8. The highest BCUT2D eigenvalue weighted by atomic mass is 32.2. The van der Waals surface area contributed by atoms with Gasteiger partial charge in [0.2, 0.25) is 21.5 Å². The van der Waals surface area contributed by atoms with E-state index in [4.69, 9.17) is 10.5 Å². The minimum absolute atomic E-state index is 0.0347. The van der Waals surface area contributed by atoms with Crippen molar-refractivity contribution >= 4 is 41.6 Å². The van der Waals surface area contributed by atoms with E-state index in [9.17, 15) is 28.1 Å². The van der Waals surface area contributed by atoms with E-state index in [0.29, 0.717) is 12.0 Å². The monoisotopic (exact) mass is 525 g/mol. The average molecular weight is 526 g/mol. The number of benzene rings is 1. The molecule has 0 saturated carbocycles. The van der Waals surface area contributed by atoms with Crippen LogP contribution in [0.15, 0.2) is 29.4 Å². The predicted octanol–water partition coefficient (Wildman–Crippen LogP) is 3.05. The molecule has 0 aliphatic heterocycles. The van der Waals surface area contributed by atoms with E-state index in [1.165, 1.54) is 0 Å². The molecule has 0 bridgehead atoms. The molecule has 0 radical (unpaired) electrons. The molecular formula is C21H31N5O7SSi. The van der Waals surface area contributed by atoms with Crippen molar-refractivity contribution in [2.75, 3.05) is 23.5 Å². The van der Waals surface area contributed by atoms with Gasteiger partial charge < -0.3 is 15.3 Å². The van der Waals surface area contributed by atoms with Gasteiger partial charge in [0.1, 0.15) is 0 Å². The molecule has 0 fully saturated rings. The lowest BCUT2D eigenvalue weighted by molar-refractivity contribution is -0.383. The second kappa shape index (κ2) is 10.3. The van der Waals surface area contributed by atoms with Crippen LogP contribution in [0.25, 0.3) is 0 Å². The van der Waals surface area contributed by atoms with E-state index >= 15 is 0 Å². The third kappa shape index (κ3) is 6.73. The first-order chi connectivity index (χ1) is 16.0. The van der Waals surface area contributed by atoms with Crippen LogP contribution in [0.4, 0.5) is 22.1 Å². The number of nitrogens with zero attached hydrogens (tertiary/aromatic N) is 4. The minimum Gasteiger partial charge on any atom is -0.449 e. The third-order valence-electron chi connectivity index (χ3n) is 5.76. The molecule has 1 heterocycles. The van der Waals surface area contributed by atoms with E-state index in [-0.39, 0.29) is 18.2 Å². The van der Waals surface area contributed by atoms with Crippen molar-refractivity contribution in [3.63, 3.8) is 0 Å². The summed E-state index contributed by atoms with van der Waals surface area (Å²) in [4.78, 5) is 42.6. The first kappa shape index (κ1) is 28.1. The molecule has 1 aromatic carbocycles. The molecule has 2 aromatic rings. The Hall–Kier alpha value is -3.10. The number of ether oxygens (including phenoxy) is 1. The van der Waals surface area contributed by atoms with Crippen molar-refractivity contribution in [1.29, 1.82) is 0 Å². The summed E-state index contributed by atoms with van der Waals surface area (Å²) in [5.41, 5.74) is 6.36. The molecule has 3 N–H and O–H groups in total. The summed E-state index contributed by atoms with van der Waals surface area (Å²) in [6.45, 7) is 8.99. The summed E-state index contributed by atoms with van der Waals surface area (Å²) in [5, 5.41) is 10.6. The largest absolute Gasteiger partial charge is 0.449 e. The molecule has 35 heavy (non-hydrogen) atoms. The summed E-state index contributed by atoms with van der Waals surface area (Å²) in [5.74, 6) is -1.28. The molecular weight excluding hydrogens is 494 g/mol. The van der Waals surface area contributed by atoms with Crippen LogP contribution in [-0.4, -0.2) is 55.4 Å². The highest BCUT2D eigenvalue weighted by Gasteiger charge is 2.38. The van der Waals surface area contributed by atoms with E-state index < -0.39 is 51.7 Å². The SMILES string of the molecule is CCOC(=O)N(Cc1cccc(CC(C)(C)[Si](C)(C)O)c1)c1nc(S(C)(=O)=O)nc(N)c1[N+](=O)[O-]. The van der Waals surface area contributed by atoms with Gasteiger partial charge in [0.15, 0.2) is 8.32 Å². The number of nitrogens with two attached hydrogens (primary N) is 1. The minimum atomic E-state index is -4.00. The Morgan fingerprint density at radius 2 is 1.89 bits per heavy atom. The van der Waals surface area contributed by atoms with E-state index in [0.717, 1.165) is 16.7 Å². The van der Waals surface area contributed by atoms with Crippen molar-refractivity contribution in [1.82, 2.24) is 9.97 Å². The van der Waals surface area contributed by atoms with Crippen molar-refractivity contribution in [3.05, 3.63) is 45.5 Å². The van der Waals surface area contributed by atoms with Gasteiger partial charge in [-0.1, -0.05) is 38.1 Å². The van der Waals surface area contributed by atoms with Gasteiger partial charge in [0.25, 0.3) is 5.16 Å². The fourth-order valence-electron chi connectivity index (χ4n) is 3.14. The van der Waals surface area contributed by atoms with E-state index in [2.05, 4.69) is 9.97 Å². The lowest BCUT2D eigenvalue weighted by atomic mass is 10.00. The zero-order valence-corrected chi connectivity index (χ0v) is 22.4. The average Bonchev–Trinajstić information content (AvgIpc) is 2.69. The van der Waals surface area contributed by atoms with E-state index in [1.807, 2.05) is 39.1 Å². The van der Waals surface area contributed by atoms with Crippen LogP contribution >= 0.6 is 0 Å². The first-order valence-corrected chi connectivity index (χ1v) is 15.6. The Balaban J connectivity index is 2.62. The standard InChI is InChI=1S/C21H31N5O7SSi/c1-7-33-20(27)25(18-16(26(28)29)17(22)23-19(24-18)34(4,30)31)13-15-10-8-9-14(11-15)12-21(2,3)35(5,6)32/h8-11,32H,7,12-13H2,1-6H3,(H2,22,23,24). The Labute approximate surface area is 205 Å². The van der Waals surface area contributed by atoms with Crippen LogP contribution in [-0.2, 0) is 27.5 Å². The summed E-state index contributed by atoms with van der Waals surface area (Å²) < 4.78 is 29.2. The summed E-state index contributed by atoms with van der Waals surface area (Å²) >= 11 is 0. The van der Waals surface area contributed by atoms with Gasteiger partial charge in [-0.3, -0.25) is 15.0 Å². The smallest absolute Gasteiger partial charge is 0.415 e. The number of nitrogen functional groups attached to an aromatic ring is 1. The number of hydrogen-bond donors (Lipinski definition) is 2. The molecule has 0 atom stereocenters. The van der Waals surface area contributed by atoms with Crippen molar-refractivity contribution in [3.8, 4) is 0 Å². The Bertz CT molecular complexity index is 1230. The molecule has 2 rings (SSSR count). The van der Waals surface area contributed by atoms with Gasteiger partial charge in [0, 0.05) is 6.26 Å². The van der Waals surface area contributed by atoms with Crippen molar-refractivity contribution < 1.29 is 27.7 Å². The second-order valence-electron chi connectivity index (χ2n) is 9.32. The maximum Gasteiger partial charge on any atom is 0.415 e. The molecule has 0 spiro atoms. The second-order valence-corrected chi connectivity index (χ2v) is 15.7. The summed E-state index contributed by atoms with van der Waals surface area (Å²) in [6, 6.07) is 7.16. The maximum absolute atomic E-state index is 12.8. The Morgan fingerprint density at radius 3 is 2.40 bits per heavy atom. The fraction of sp³-hybridized carbons (Fsp3) is 0.476. The Morgan fingerprint density at radius 1 is 1.29 bits per heavy atom. The number of carbonyl (C=O) groups excluding carboxylic acids is 1. The summed E-state index contributed by atoms with van der Waals surface area (Å²) in [7, 11) is -6.50. The van der Waals surface area contributed by atoms with Gasteiger partial charge in [0.05, 0.1) is 18.1 Å². The molecule has 0 aliphatic rings. The lowest BCUT2D eigenvalue weighted by Crippen LogP contribution is -2.40. The van der Waals surface area contributed by atoms with Crippen LogP contribution < -0.4 is 10.6 Å². The molecule has 192 valence electrons. The first-order valence-electron chi connectivity index (χ1n) is 10.7. The molecule has 0 saturated heterocycles. The number of sulfone groups is 1. The van der Waals surface area contributed by atoms with Crippen LogP contribution in [0.1, 0.15) is 31.9 Å². The number of amides is 1. The third-order valence-corrected chi connectivity index (χ3v) is 10.1. The Kier molecular flexibility index (Phi) is 8.24. The number of anilines is 2. The molecule has 0 aliphatic carbocycles.